The molecule has 1 aromatic carbocycles. The van der Waals surface area contributed by atoms with Crippen LogP contribution in [0.25, 0.3) is 0 Å². The summed E-state index contributed by atoms with van der Waals surface area (Å²) in [6, 6.07) is 5.78. The maximum absolute atomic E-state index is 12.1. The summed E-state index contributed by atoms with van der Waals surface area (Å²) in [6.07, 6.45) is 0. The van der Waals surface area contributed by atoms with Gasteiger partial charge in [-0.1, -0.05) is 12.1 Å². The molecule has 0 saturated carbocycles. The number of para-hydroxylation sites is 1. The molecule has 0 spiro atoms. The lowest BCUT2D eigenvalue weighted by molar-refractivity contribution is 0.203. The van der Waals surface area contributed by atoms with Gasteiger partial charge in [0, 0.05) is 14.1 Å². The normalized spacial score (nSPS) is 12.1. The third kappa shape index (κ3) is 3.20. The van der Waals surface area contributed by atoms with Crippen molar-refractivity contribution in [1.29, 1.82) is 0 Å². The van der Waals surface area contributed by atoms with Crippen LogP contribution in [-0.4, -0.2) is 56.3 Å². The zero-order chi connectivity index (χ0) is 13.8. The van der Waals surface area contributed by atoms with Gasteiger partial charge in [-0.25, -0.2) is 12.7 Å². The summed E-state index contributed by atoms with van der Waals surface area (Å²) in [5.41, 5.74) is 0.360. The number of nitrogens with zero attached hydrogens (tertiary/aromatic N) is 1. The Morgan fingerprint density at radius 1 is 1.22 bits per heavy atom. The van der Waals surface area contributed by atoms with Crippen molar-refractivity contribution in [2.45, 2.75) is 10.9 Å². The quantitative estimate of drug-likeness (QED) is 0.663. The Morgan fingerprint density at radius 3 is 2.28 bits per heavy atom. The topological polar surface area (TPSA) is 89.9 Å². The first-order chi connectivity index (χ1) is 8.43. The predicted molar refractivity (Wildman–Crippen MR) is 68.9 cm³/mol. The second-order valence-electron chi connectivity index (χ2n) is 3.99. The summed E-state index contributed by atoms with van der Waals surface area (Å²) in [6.45, 7) is -0.570. The van der Waals surface area contributed by atoms with Crippen LogP contribution in [0.15, 0.2) is 29.2 Å². The summed E-state index contributed by atoms with van der Waals surface area (Å²) >= 11 is 0. The summed E-state index contributed by atoms with van der Waals surface area (Å²) in [7, 11) is -0.670. The molecule has 1 aromatic rings. The number of benzene rings is 1. The summed E-state index contributed by atoms with van der Waals surface area (Å²) in [5, 5.41) is 20.8. The lowest BCUT2D eigenvalue weighted by Crippen LogP contribution is -2.30. The predicted octanol–water partition coefficient (Wildman–Crippen LogP) is -0.298. The van der Waals surface area contributed by atoms with Crippen LogP contribution in [-0.2, 0) is 10.0 Å². The highest BCUT2D eigenvalue weighted by atomic mass is 32.2. The zero-order valence-electron chi connectivity index (χ0n) is 10.4. The Bertz CT molecular complexity index is 484. The van der Waals surface area contributed by atoms with Crippen molar-refractivity contribution >= 4 is 15.7 Å². The van der Waals surface area contributed by atoms with Gasteiger partial charge in [0.15, 0.2) is 0 Å². The van der Waals surface area contributed by atoms with E-state index in [2.05, 4.69) is 5.32 Å². The fourth-order valence-electron chi connectivity index (χ4n) is 1.38. The summed E-state index contributed by atoms with van der Waals surface area (Å²) in [4.78, 5) is 0.113. The minimum atomic E-state index is -3.56. The fraction of sp³-hybridized carbons (Fsp3) is 0.455. The number of sulfonamides is 1. The largest absolute Gasteiger partial charge is 0.394 e. The first-order valence-corrected chi connectivity index (χ1v) is 6.87. The van der Waals surface area contributed by atoms with E-state index in [9.17, 15) is 8.42 Å². The van der Waals surface area contributed by atoms with Gasteiger partial charge in [0.25, 0.3) is 0 Å². The van der Waals surface area contributed by atoms with E-state index in [-0.39, 0.29) is 18.1 Å². The molecule has 0 bridgehead atoms. The van der Waals surface area contributed by atoms with Gasteiger partial charge in [0.1, 0.15) is 4.90 Å². The maximum atomic E-state index is 12.1. The smallest absolute Gasteiger partial charge is 0.244 e. The maximum Gasteiger partial charge on any atom is 0.244 e. The van der Waals surface area contributed by atoms with E-state index in [1.165, 1.54) is 20.2 Å². The third-order valence-corrected chi connectivity index (χ3v) is 4.32. The molecule has 0 aliphatic rings. The number of nitrogens with one attached hydrogen (secondary N) is 1. The Kier molecular flexibility index (Phi) is 5.09. The van der Waals surface area contributed by atoms with Crippen LogP contribution in [0.4, 0.5) is 5.69 Å². The number of hydrogen-bond donors (Lipinski definition) is 3. The van der Waals surface area contributed by atoms with Gasteiger partial charge in [0.05, 0.1) is 24.9 Å². The van der Waals surface area contributed by atoms with Gasteiger partial charge in [-0.15, -0.1) is 0 Å². The number of anilines is 1. The number of aliphatic hydroxyl groups is 2. The molecule has 0 aliphatic heterocycles. The first kappa shape index (κ1) is 14.9. The van der Waals surface area contributed by atoms with Crippen LogP contribution in [0.2, 0.25) is 0 Å². The van der Waals surface area contributed by atoms with Crippen LogP contribution in [0.5, 0.6) is 0 Å². The molecule has 0 heterocycles. The number of rotatable bonds is 6. The standard InChI is InChI=1S/C11H18N2O4S/c1-13(2)18(16,17)11-6-4-3-5-10(11)12-9(7-14)8-15/h3-6,9,12,14-15H,7-8H2,1-2H3. The van der Waals surface area contributed by atoms with E-state index in [0.717, 1.165) is 4.31 Å². The molecule has 0 radical (unpaired) electrons. The molecular formula is C11H18N2O4S. The highest BCUT2D eigenvalue weighted by Gasteiger charge is 2.21. The van der Waals surface area contributed by atoms with Crippen LogP contribution < -0.4 is 5.32 Å². The molecule has 18 heavy (non-hydrogen) atoms. The van der Waals surface area contributed by atoms with E-state index in [1.54, 1.807) is 18.2 Å². The van der Waals surface area contributed by atoms with Gasteiger partial charge in [-0.3, -0.25) is 0 Å². The molecule has 102 valence electrons. The number of aliphatic hydroxyl groups excluding tert-OH is 2. The monoisotopic (exact) mass is 274 g/mol. The van der Waals surface area contributed by atoms with Gasteiger partial charge < -0.3 is 15.5 Å². The van der Waals surface area contributed by atoms with Crippen LogP contribution in [0.1, 0.15) is 0 Å². The average molecular weight is 274 g/mol. The first-order valence-electron chi connectivity index (χ1n) is 5.43. The van der Waals surface area contributed by atoms with Gasteiger partial charge in [-0.05, 0) is 12.1 Å². The average Bonchev–Trinajstić information content (AvgIpc) is 2.36. The molecule has 0 saturated heterocycles. The van der Waals surface area contributed by atoms with Gasteiger partial charge >= 0.3 is 0 Å². The molecule has 0 amide bonds. The molecule has 6 nitrogen and oxygen atoms in total. The fourth-order valence-corrected chi connectivity index (χ4v) is 2.43. The molecule has 0 aliphatic carbocycles. The SMILES string of the molecule is CN(C)S(=O)(=O)c1ccccc1NC(CO)CO. The van der Waals surface area contributed by atoms with Crippen molar-refractivity contribution in [3.63, 3.8) is 0 Å². The highest BCUT2D eigenvalue weighted by molar-refractivity contribution is 7.89. The number of hydrogen-bond acceptors (Lipinski definition) is 5. The van der Waals surface area contributed by atoms with E-state index >= 15 is 0 Å². The molecule has 7 heteroatoms. The molecule has 0 aromatic heterocycles. The molecule has 0 unspecified atom stereocenters. The second kappa shape index (κ2) is 6.14. The molecular weight excluding hydrogens is 256 g/mol. The van der Waals surface area contributed by atoms with E-state index < -0.39 is 16.1 Å². The third-order valence-electron chi connectivity index (χ3n) is 2.45. The Hall–Kier alpha value is -1.15. The van der Waals surface area contributed by atoms with Crippen LogP contribution in [0.3, 0.4) is 0 Å². The van der Waals surface area contributed by atoms with E-state index in [1.807, 2.05) is 0 Å². The Labute approximate surface area is 107 Å². The zero-order valence-corrected chi connectivity index (χ0v) is 11.2. The molecule has 1 rings (SSSR count). The molecule has 0 atom stereocenters. The van der Waals surface area contributed by atoms with Crippen LogP contribution >= 0.6 is 0 Å². The van der Waals surface area contributed by atoms with Crippen molar-refractivity contribution in [2.24, 2.45) is 0 Å². The van der Waals surface area contributed by atoms with Crippen molar-refractivity contribution < 1.29 is 18.6 Å². The summed E-state index contributed by atoms with van der Waals surface area (Å²) in [5.74, 6) is 0. The van der Waals surface area contributed by atoms with Crippen molar-refractivity contribution in [1.82, 2.24) is 4.31 Å². The Morgan fingerprint density at radius 2 is 1.78 bits per heavy atom. The second-order valence-corrected chi connectivity index (χ2v) is 6.11. The van der Waals surface area contributed by atoms with Crippen molar-refractivity contribution in [3.8, 4) is 0 Å². The van der Waals surface area contributed by atoms with Crippen molar-refractivity contribution in [3.05, 3.63) is 24.3 Å². The summed E-state index contributed by atoms with van der Waals surface area (Å²) < 4.78 is 25.3. The highest BCUT2D eigenvalue weighted by Crippen LogP contribution is 2.23. The molecule has 0 fully saturated rings. The van der Waals surface area contributed by atoms with Gasteiger partial charge in [-0.2, -0.15) is 0 Å². The van der Waals surface area contributed by atoms with Gasteiger partial charge in [0.2, 0.25) is 10.0 Å². The Balaban J connectivity index is 3.15. The van der Waals surface area contributed by atoms with Crippen molar-refractivity contribution in [2.75, 3.05) is 32.6 Å². The lowest BCUT2D eigenvalue weighted by Gasteiger charge is -2.19. The minimum Gasteiger partial charge on any atom is -0.394 e. The molecule has 3 N–H and O–H groups in total. The van der Waals surface area contributed by atoms with E-state index in [4.69, 9.17) is 10.2 Å². The lowest BCUT2D eigenvalue weighted by atomic mass is 10.2. The van der Waals surface area contributed by atoms with E-state index in [0.29, 0.717) is 5.69 Å². The van der Waals surface area contributed by atoms with Crippen LogP contribution in [0, 0.1) is 0 Å². The minimum absolute atomic E-state index is 0.113.